The third-order valence-electron chi connectivity index (χ3n) is 4.86. The molecule has 1 atom stereocenters. The van der Waals surface area contributed by atoms with Gasteiger partial charge < -0.3 is 5.73 Å². The highest BCUT2D eigenvalue weighted by molar-refractivity contribution is 9.10. The summed E-state index contributed by atoms with van der Waals surface area (Å²) < 4.78 is 14.2. The van der Waals surface area contributed by atoms with Crippen LogP contribution in [0, 0.1) is 17.7 Å². The molecule has 1 aliphatic rings. The van der Waals surface area contributed by atoms with Crippen LogP contribution in [0.3, 0.4) is 0 Å². The monoisotopic (exact) mass is 355 g/mol. The van der Waals surface area contributed by atoms with Gasteiger partial charge in [-0.3, -0.25) is 0 Å². The second kappa shape index (κ2) is 8.28. The van der Waals surface area contributed by atoms with Gasteiger partial charge in [0.1, 0.15) is 5.82 Å². The highest BCUT2D eigenvalue weighted by Gasteiger charge is 2.25. The minimum absolute atomic E-state index is 0.158. The van der Waals surface area contributed by atoms with Crippen molar-refractivity contribution in [1.29, 1.82) is 0 Å². The summed E-state index contributed by atoms with van der Waals surface area (Å²) in [4.78, 5) is 0. The predicted octanol–water partition coefficient (Wildman–Crippen LogP) is 5.45. The zero-order chi connectivity index (χ0) is 15.2. The lowest BCUT2D eigenvalue weighted by Gasteiger charge is -2.32. The van der Waals surface area contributed by atoms with Gasteiger partial charge in [-0.05, 0) is 54.9 Å². The molecule has 1 aliphatic carbocycles. The summed E-state index contributed by atoms with van der Waals surface area (Å²) in [5.74, 6) is 1.33. The number of halogens is 2. The van der Waals surface area contributed by atoms with Gasteiger partial charge in [0, 0.05) is 10.5 Å². The van der Waals surface area contributed by atoms with Crippen molar-refractivity contribution in [1.82, 2.24) is 0 Å². The Labute approximate surface area is 136 Å². The molecule has 1 saturated carbocycles. The van der Waals surface area contributed by atoms with E-state index in [1.54, 1.807) is 6.07 Å². The van der Waals surface area contributed by atoms with Crippen LogP contribution in [0.25, 0.3) is 0 Å². The van der Waals surface area contributed by atoms with Crippen molar-refractivity contribution in [2.75, 3.05) is 0 Å². The van der Waals surface area contributed by atoms with Crippen molar-refractivity contribution in [2.24, 2.45) is 17.6 Å². The fraction of sp³-hybridized carbons (Fsp3) is 0.667. The molecule has 1 nitrogen and oxygen atoms in total. The minimum atomic E-state index is -0.185. The van der Waals surface area contributed by atoms with Crippen LogP contribution in [0.5, 0.6) is 0 Å². The van der Waals surface area contributed by atoms with E-state index in [2.05, 4.69) is 22.9 Å². The number of rotatable bonds is 6. The average molecular weight is 356 g/mol. The Bertz CT molecular complexity index is 421. The number of hydrogen-bond donors (Lipinski definition) is 1. The van der Waals surface area contributed by atoms with Gasteiger partial charge in [0.05, 0.1) is 0 Å². The van der Waals surface area contributed by atoms with Gasteiger partial charge in [-0.1, -0.05) is 55.0 Å². The summed E-state index contributed by atoms with van der Waals surface area (Å²) in [6, 6.07) is 5.24. The molecule has 0 heterocycles. The highest BCUT2D eigenvalue weighted by atomic mass is 79.9. The van der Waals surface area contributed by atoms with E-state index in [9.17, 15) is 4.39 Å². The van der Waals surface area contributed by atoms with Gasteiger partial charge in [0.15, 0.2) is 0 Å². The Balaban J connectivity index is 1.83. The van der Waals surface area contributed by atoms with Crippen molar-refractivity contribution in [2.45, 2.75) is 64.3 Å². The molecule has 0 aliphatic heterocycles. The van der Waals surface area contributed by atoms with E-state index in [0.29, 0.717) is 5.92 Å². The lowest BCUT2D eigenvalue weighted by Crippen LogP contribution is -2.35. The van der Waals surface area contributed by atoms with E-state index >= 15 is 0 Å². The first kappa shape index (κ1) is 17.0. The molecule has 0 aromatic heterocycles. The zero-order valence-electron chi connectivity index (χ0n) is 13.0. The van der Waals surface area contributed by atoms with Crippen LogP contribution in [0.15, 0.2) is 22.7 Å². The van der Waals surface area contributed by atoms with Crippen molar-refractivity contribution < 1.29 is 4.39 Å². The fourth-order valence-electron chi connectivity index (χ4n) is 3.57. The zero-order valence-corrected chi connectivity index (χ0v) is 14.5. The highest BCUT2D eigenvalue weighted by Crippen LogP contribution is 2.34. The molecule has 0 saturated heterocycles. The molecule has 0 radical (unpaired) electrons. The Morgan fingerprint density at radius 2 is 1.95 bits per heavy atom. The van der Waals surface area contributed by atoms with E-state index in [-0.39, 0.29) is 11.9 Å². The molecule has 0 bridgehead atoms. The molecular formula is C18H27BrFN. The van der Waals surface area contributed by atoms with E-state index in [4.69, 9.17) is 5.73 Å². The van der Waals surface area contributed by atoms with Crippen LogP contribution in [0.1, 0.15) is 57.4 Å². The number of hydrogen-bond acceptors (Lipinski definition) is 1. The summed E-state index contributed by atoms with van der Waals surface area (Å²) in [5, 5.41) is 0. The molecule has 3 heteroatoms. The summed E-state index contributed by atoms with van der Waals surface area (Å²) in [6.07, 6.45) is 9.96. The summed E-state index contributed by atoms with van der Waals surface area (Å²) in [6.45, 7) is 2.26. The quantitative estimate of drug-likeness (QED) is 0.720. The molecule has 21 heavy (non-hydrogen) atoms. The van der Waals surface area contributed by atoms with Crippen LogP contribution < -0.4 is 5.73 Å². The second-order valence-corrected chi connectivity index (χ2v) is 7.48. The Kier molecular flexibility index (Phi) is 6.69. The smallest absolute Gasteiger partial charge is 0.124 e. The standard InChI is InChI=1S/C18H27BrFN/c1-2-3-4-13-5-7-15(8-6-13)18(21)11-14-9-16(19)12-17(20)10-14/h9-10,12-13,15,18H,2-8,11,21H2,1H3. The van der Waals surface area contributed by atoms with Crippen molar-refractivity contribution in [3.05, 3.63) is 34.1 Å². The Hall–Kier alpha value is -0.410. The average Bonchev–Trinajstić information content (AvgIpc) is 2.44. The van der Waals surface area contributed by atoms with Crippen molar-refractivity contribution >= 4 is 15.9 Å². The minimum Gasteiger partial charge on any atom is -0.327 e. The Morgan fingerprint density at radius 1 is 1.24 bits per heavy atom. The van der Waals surface area contributed by atoms with E-state index in [1.165, 1.54) is 51.0 Å². The van der Waals surface area contributed by atoms with Gasteiger partial charge in [-0.2, -0.15) is 0 Å². The molecular weight excluding hydrogens is 329 g/mol. The van der Waals surface area contributed by atoms with Gasteiger partial charge in [0.2, 0.25) is 0 Å². The third-order valence-corrected chi connectivity index (χ3v) is 5.31. The van der Waals surface area contributed by atoms with Gasteiger partial charge in [0.25, 0.3) is 0 Å². The first-order valence-electron chi connectivity index (χ1n) is 8.29. The topological polar surface area (TPSA) is 26.0 Å². The van der Waals surface area contributed by atoms with Gasteiger partial charge in [-0.25, -0.2) is 4.39 Å². The first-order valence-corrected chi connectivity index (χ1v) is 9.08. The van der Waals surface area contributed by atoms with Gasteiger partial charge in [-0.15, -0.1) is 0 Å². The van der Waals surface area contributed by atoms with Gasteiger partial charge >= 0.3 is 0 Å². The maximum atomic E-state index is 13.4. The van der Waals surface area contributed by atoms with Crippen LogP contribution >= 0.6 is 15.9 Å². The van der Waals surface area contributed by atoms with E-state index < -0.39 is 0 Å². The third kappa shape index (κ3) is 5.37. The fourth-order valence-corrected chi connectivity index (χ4v) is 4.08. The number of unbranched alkanes of at least 4 members (excludes halogenated alkanes) is 1. The first-order chi connectivity index (χ1) is 10.1. The predicted molar refractivity (Wildman–Crippen MR) is 90.8 cm³/mol. The molecule has 2 N–H and O–H groups in total. The molecule has 2 rings (SSSR count). The Morgan fingerprint density at radius 3 is 2.57 bits per heavy atom. The van der Waals surface area contributed by atoms with Crippen molar-refractivity contribution in [3.8, 4) is 0 Å². The SMILES string of the molecule is CCCCC1CCC(C(N)Cc2cc(F)cc(Br)c2)CC1. The van der Waals surface area contributed by atoms with Crippen LogP contribution in [0.2, 0.25) is 0 Å². The van der Waals surface area contributed by atoms with E-state index in [0.717, 1.165) is 22.4 Å². The summed E-state index contributed by atoms with van der Waals surface area (Å²) >= 11 is 3.35. The summed E-state index contributed by atoms with van der Waals surface area (Å²) in [7, 11) is 0. The maximum Gasteiger partial charge on any atom is 0.124 e. The normalized spacial score (nSPS) is 24.0. The van der Waals surface area contributed by atoms with E-state index in [1.807, 2.05) is 6.07 Å². The molecule has 118 valence electrons. The van der Waals surface area contributed by atoms with Crippen LogP contribution in [0.4, 0.5) is 4.39 Å². The molecule has 0 amide bonds. The molecule has 1 aromatic rings. The molecule has 1 unspecified atom stereocenters. The number of nitrogens with two attached hydrogens (primary N) is 1. The second-order valence-electron chi connectivity index (χ2n) is 6.57. The maximum absolute atomic E-state index is 13.4. The van der Waals surface area contributed by atoms with Crippen LogP contribution in [-0.4, -0.2) is 6.04 Å². The molecule has 1 aromatic carbocycles. The lowest BCUT2D eigenvalue weighted by atomic mass is 9.76. The molecule has 1 fully saturated rings. The molecule has 0 spiro atoms. The largest absolute Gasteiger partial charge is 0.327 e. The lowest BCUT2D eigenvalue weighted by molar-refractivity contribution is 0.230. The number of benzene rings is 1. The van der Waals surface area contributed by atoms with Crippen LogP contribution in [-0.2, 0) is 6.42 Å². The van der Waals surface area contributed by atoms with Crippen molar-refractivity contribution in [3.63, 3.8) is 0 Å². The summed E-state index contributed by atoms with van der Waals surface area (Å²) in [5.41, 5.74) is 7.39.